The van der Waals surface area contributed by atoms with Crippen LogP contribution in [0.1, 0.15) is 31.0 Å². The van der Waals surface area contributed by atoms with Gasteiger partial charge in [0.05, 0.1) is 16.4 Å². The van der Waals surface area contributed by atoms with Gasteiger partial charge in [-0.2, -0.15) is 0 Å². The predicted molar refractivity (Wildman–Crippen MR) is 89.6 cm³/mol. The number of aryl methyl sites for hydroxylation is 1. The van der Waals surface area contributed by atoms with E-state index in [9.17, 15) is 0 Å². The summed E-state index contributed by atoms with van der Waals surface area (Å²) in [5, 5.41) is 9.30. The third kappa shape index (κ3) is 2.88. The molecule has 0 radical (unpaired) electrons. The normalized spacial score (nSPS) is 11.9. The van der Waals surface area contributed by atoms with E-state index >= 15 is 0 Å². The van der Waals surface area contributed by atoms with Crippen molar-refractivity contribution in [3.63, 3.8) is 0 Å². The third-order valence-corrected chi connectivity index (χ3v) is 3.77. The van der Waals surface area contributed by atoms with Gasteiger partial charge in [-0.15, -0.1) is 10.2 Å². The number of aromatic nitrogens is 2. The van der Waals surface area contributed by atoms with E-state index in [0.29, 0.717) is 16.8 Å². The molecule has 3 aromatic rings. The molecule has 0 aliphatic carbocycles. The van der Waals surface area contributed by atoms with Gasteiger partial charge in [0.2, 0.25) is 0 Å². The molecule has 0 bridgehead atoms. The number of hydrogen-bond donors (Lipinski definition) is 0. The van der Waals surface area contributed by atoms with Gasteiger partial charge in [-0.1, -0.05) is 37.6 Å². The van der Waals surface area contributed by atoms with Gasteiger partial charge in [-0.05, 0) is 42.7 Å². The first-order valence-electron chi connectivity index (χ1n) is 7.20. The predicted octanol–water partition coefficient (Wildman–Crippen LogP) is 5.83. The van der Waals surface area contributed by atoms with Crippen molar-refractivity contribution in [3.05, 3.63) is 58.9 Å². The number of halogens is 1. The quantitative estimate of drug-likeness (QED) is 0.560. The topological polar surface area (TPSA) is 42.0 Å². The summed E-state index contributed by atoms with van der Waals surface area (Å²) in [7, 11) is 0. The van der Waals surface area contributed by atoms with Crippen LogP contribution in [0.4, 0.5) is 11.5 Å². The molecule has 5 heteroatoms. The van der Waals surface area contributed by atoms with Crippen LogP contribution < -0.4 is 0 Å². The maximum Gasteiger partial charge on any atom is 0.182 e. The van der Waals surface area contributed by atoms with Gasteiger partial charge in [0.25, 0.3) is 0 Å². The van der Waals surface area contributed by atoms with Crippen LogP contribution in [-0.2, 0) is 0 Å². The lowest BCUT2D eigenvalue weighted by atomic mass is 10.0. The Hall–Kier alpha value is -2.20. The van der Waals surface area contributed by atoms with Crippen molar-refractivity contribution in [2.24, 2.45) is 10.2 Å². The number of pyridine rings is 1. The highest BCUT2D eigenvalue weighted by Gasteiger charge is 2.08. The summed E-state index contributed by atoms with van der Waals surface area (Å²) in [5.41, 5.74) is 3.74. The second kappa shape index (κ2) is 5.89. The fourth-order valence-electron chi connectivity index (χ4n) is 2.28. The van der Waals surface area contributed by atoms with E-state index in [-0.39, 0.29) is 0 Å². The summed E-state index contributed by atoms with van der Waals surface area (Å²) in [6.45, 7) is 6.25. The van der Waals surface area contributed by atoms with Gasteiger partial charge in [-0.25, -0.2) is 4.98 Å². The minimum atomic E-state index is 0.508. The minimum Gasteiger partial charge on any atom is -0.281 e. The Balaban J connectivity index is 1.95. The van der Waals surface area contributed by atoms with Crippen molar-refractivity contribution in [2.45, 2.75) is 26.7 Å². The van der Waals surface area contributed by atoms with Gasteiger partial charge in [0.1, 0.15) is 5.65 Å². The van der Waals surface area contributed by atoms with Crippen LogP contribution in [0.2, 0.25) is 5.02 Å². The van der Waals surface area contributed by atoms with Crippen molar-refractivity contribution in [2.75, 3.05) is 0 Å². The van der Waals surface area contributed by atoms with Gasteiger partial charge < -0.3 is 0 Å². The lowest BCUT2D eigenvalue weighted by Gasteiger charge is -2.04. The summed E-state index contributed by atoms with van der Waals surface area (Å²) >= 11 is 6.04. The average Bonchev–Trinajstić information content (AvgIpc) is 2.80. The summed E-state index contributed by atoms with van der Waals surface area (Å²) in [4.78, 5) is 4.45. The Morgan fingerprint density at radius 1 is 1.05 bits per heavy atom. The van der Waals surface area contributed by atoms with Crippen LogP contribution >= 0.6 is 11.6 Å². The standard InChI is InChI=1S/C17H17ClN4/c1-11(2)13-4-7-15(8-5-13)20-21-17-12(3)19-16-9-6-14(18)10-22(16)17/h4-11H,1-3H3. The molecule has 0 fully saturated rings. The van der Waals surface area contributed by atoms with Crippen LogP contribution in [0.25, 0.3) is 5.65 Å². The Kier molecular flexibility index (Phi) is 3.94. The highest BCUT2D eigenvalue weighted by molar-refractivity contribution is 6.30. The second-order valence-corrected chi connectivity index (χ2v) is 5.98. The lowest BCUT2D eigenvalue weighted by Crippen LogP contribution is -1.84. The number of nitrogens with zero attached hydrogens (tertiary/aromatic N) is 4. The van der Waals surface area contributed by atoms with E-state index in [1.54, 1.807) is 6.20 Å². The van der Waals surface area contributed by atoms with Crippen molar-refractivity contribution >= 4 is 28.8 Å². The molecule has 0 atom stereocenters. The van der Waals surface area contributed by atoms with Crippen LogP contribution in [-0.4, -0.2) is 9.38 Å². The highest BCUT2D eigenvalue weighted by Crippen LogP contribution is 2.26. The number of azo groups is 1. The zero-order chi connectivity index (χ0) is 15.7. The first kappa shape index (κ1) is 14.7. The Morgan fingerprint density at radius 2 is 1.77 bits per heavy atom. The van der Waals surface area contributed by atoms with Crippen molar-refractivity contribution < 1.29 is 0 Å². The number of fused-ring (bicyclic) bond motifs is 1. The zero-order valence-electron chi connectivity index (χ0n) is 12.8. The minimum absolute atomic E-state index is 0.508. The Bertz CT molecular complexity index is 832. The molecule has 4 nitrogen and oxygen atoms in total. The molecule has 1 aromatic carbocycles. The van der Waals surface area contributed by atoms with Crippen LogP contribution in [0.3, 0.4) is 0 Å². The van der Waals surface area contributed by atoms with E-state index in [0.717, 1.165) is 17.0 Å². The molecule has 2 heterocycles. The lowest BCUT2D eigenvalue weighted by molar-refractivity contribution is 0.866. The molecule has 22 heavy (non-hydrogen) atoms. The van der Waals surface area contributed by atoms with Crippen molar-refractivity contribution in [1.82, 2.24) is 9.38 Å². The van der Waals surface area contributed by atoms with E-state index in [2.05, 4.69) is 41.2 Å². The molecule has 3 rings (SSSR count). The maximum absolute atomic E-state index is 6.04. The molecule has 112 valence electrons. The van der Waals surface area contributed by atoms with E-state index in [1.165, 1.54) is 5.56 Å². The van der Waals surface area contributed by atoms with Crippen LogP contribution in [0.5, 0.6) is 0 Å². The van der Waals surface area contributed by atoms with Gasteiger partial charge >= 0.3 is 0 Å². The van der Waals surface area contributed by atoms with Crippen LogP contribution in [0, 0.1) is 6.92 Å². The maximum atomic E-state index is 6.04. The zero-order valence-corrected chi connectivity index (χ0v) is 13.5. The largest absolute Gasteiger partial charge is 0.281 e. The molecular weight excluding hydrogens is 296 g/mol. The highest BCUT2D eigenvalue weighted by atomic mass is 35.5. The Morgan fingerprint density at radius 3 is 2.45 bits per heavy atom. The Labute approximate surface area is 134 Å². The van der Waals surface area contributed by atoms with Crippen molar-refractivity contribution in [3.8, 4) is 0 Å². The van der Waals surface area contributed by atoms with E-state index in [4.69, 9.17) is 11.6 Å². The monoisotopic (exact) mass is 312 g/mol. The number of hydrogen-bond acceptors (Lipinski definition) is 3. The molecule has 0 saturated carbocycles. The molecule has 0 amide bonds. The molecule has 0 saturated heterocycles. The first-order valence-corrected chi connectivity index (χ1v) is 7.58. The van der Waals surface area contributed by atoms with Gasteiger partial charge in [0.15, 0.2) is 5.82 Å². The number of rotatable bonds is 3. The fraction of sp³-hybridized carbons (Fsp3) is 0.235. The van der Waals surface area contributed by atoms with Crippen LogP contribution in [0.15, 0.2) is 52.8 Å². The molecule has 0 aliphatic rings. The second-order valence-electron chi connectivity index (χ2n) is 5.54. The summed E-state index contributed by atoms with van der Waals surface area (Å²) < 4.78 is 1.85. The summed E-state index contributed by atoms with van der Waals surface area (Å²) in [6, 6.07) is 11.8. The molecule has 0 aliphatic heterocycles. The summed E-state index contributed by atoms with van der Waals surface area (Å²) in [5.74, 6) is 1.21. The third-order valence-electron chi connectivity index (χ3n) is 3.54. The van der Waals surface area contributed by atoms with E-state index < -0.39 is 0 Å². The van der Waals surface area contributed by atoms with Gasteiger partial charge in [0, 0.05) is 6.20 Å². The number of imidazole rings is 1. The SMILES string of the molecule is Cc1nc2ccc(Cl)cn2c1N=Nc1ccc(C(C)C)cc1. The molecule has 2 aromatic heterocycles. The van der Waals surface area contributed by atoms with Gasteiger partial charge in [-0.3, -0.25) is 4.40 Å². The molecule has 0 N–H and O–H groups in total. The van der Waals surface area contributed by atoms with Crippen molar-refractivity contribution in [1.29, 1.82) is 0 Å². The first-order chi connectivity index (χ1) is 10.5. The fourth-order valence-corrected chi connectivity index (χ4v) is 2.44. The van der Waals surface area contributed by atoms with E-state index in [1.807, 2.05) is 35.6 Å². The molecular formula is C17H17ClN4. The summed E-state index contributed by atoms with van der Waals surface area (Å²) in [6.07, 6.45) is 1.80. The molecule has 0 spiro atoms. The smallest absolute Gasteiger partial charge is 0.182 e. The average molecular weight is 313 g/mol. The number of benzene rings is 1. The molecule has 0 unspecified atom stereocenters.